The molecule has 0 saturated carbocycles. The van der Waals surface area contributed by atoms with Gasteiger partial charge < -0.3 is 14.0 Å². The van der Waals surface area contributed by atoms with Crippen LogP contribution < -0.4 is 0 Å². The van der Waals surface area contributed by atoms with Crippen LogP contribution in [0.3, 0.4) is 0 Å². The van der Waals surface area contributed by atoms with Gasteiger partial charge in [-0.15, -0.1) is 0 Å². The number of hydrogen-bond donors (Lipinski definition) is 1. The molecule has 0 bridgehead atoms. The van der Waals surface area contributed by atoms with E-state index in [4.69, 9.17) is 20.5 Å². The normalized spacial score (nSPS) is 11.7. The third kappa shape index (κ3) is 6.76. The van der Waals surface area contributed by atoms with Gasteiger partial charge in [-0.1, -0.05) is 29.8 Å². The van der Waals surface area contributed by atoms with Gasteiger partial charge in [0.25, 0.3) is 0 Å². The molecule has 0 unspecified atom stereocenters. The van der Waals surface area contributed by atoms with E-state index >= 15 is 0 Å². The van der Waals surface area contributed by atoms with E-state index in [2.05, 4.69) is 27.7 Å². The van der Waals surface area contributed by atoms with Crippen molar-refractivity contribution in [1.82, 2.24) is 0 Å². The third-order valence-electron chi connectivity index (χ3n) is 3.98. The van der Waals surface area contributed by atoms with E-state index in [9.17, 15) is 5.11 Å². The summed E-state index contributed by atoms with van der Waals surface area (Å²) in [7, 11) is -1.68. The van der Waals surface area contributed by atoms with Crippen molar-refractivity contribution in [3.05, 3.63) is 53.1 Å². The zero-order valence-electron chi connectivity index (χ0n) is 16.0. The Labute approximate surface area is 163 Å². The summed E-state index contributed by atoms with van der Waals surface area (Å²) in [5.41, 5.74) is 3.37. The second-order valence-electron chi connectivity index (χ2n) is 7.04. The molecule has 142 valence electrons. The highest BCUT2D eigenvalue weighted by Crippen LogP contribution is 2.29. The smallest absolute Gasteiger partial charge is 0.321 e. The van der Waals surface area contributed by atoms with Gasteiger partial charge in [-0.25, -0.2) is 0 Å². The van der Waals surface area contributed by atoms with Crippen LogP contribution in [-0.2, 0) is 15.3 Å². The number of phenols is 1. The average molecular weight is 393 g/mol. The quantitative estimate of drug-likeness (QED) is 0.555. The van der Waals surface area contributed by atoms with Crippen molar-refractivity contribution in [2.75, 3.05) is 0 Å². The minimum Gasteiger partial charge on any atom is -0.508 e. The van der Waals surface area contributed by atoms with Gasteiger partial charge in [0.15, 0.2) is 0 Å². The van der Waals surface area contributed by atoms with Gasteiger partial charge in [-0.2, -0.15) is 0 Å². The summed E-state index contributed by atoms with van der Waals surface area (Å²) in [5.74, 6) is 0.295. The van der Waals surface area contributed by atoms with Gasteiger partial charge in [0.2, 0.25) is 0 Å². The van der Waals surface area contributed by atoms with Crippen molar-refractivity contribution in [2.45, 2.75) is 58.8 Å². The van der Waals surface area contributed by atoms with Gasteiger partial charge >= 0.3 is 9.28 Å². The highest BCUT2D eigenvalue weighted by molar-refractivity contribution is 6.44. The molecule has 1 N–H and O–H groups in total. The monoisotopic (exact) mass is 392 g/mol. The lowest BCUT2D eigenvalue weighted by atomic mass is 9.96. The Kier molecular flexibility index (Phi) is 8.16. The summed E-state index contributed by atoms with van der Waals surface area (Å²) in [6, 6.07) is 14.3. The average Bonchev–Trinajstić information content (AvgIpc) is 2.55. The van der Waals surface area contributed by atoms with Crippen molar-refractivity contribution < 1.29 is 14.0 Å². The first-order chi connectivity index (χ1) is 12.3. The molecule has 0 fully saturated rings. The van der Waals surface area contributed by atoms with Crippen molar-refractivity contribution in [3.63, 3.8) is 0 Å². The Hall–Kier alpha value is -1.33. The molecule has 26 heavy (non-hydrogen) atoms. The lowest BCUT2D eigenvalue weighted by molar-refractivity contribution is 0.129. The summed E-state index contributed by atoms with van der Waals surface area (Å²) < 4.78 is 12.0. The van der Waals surface area contributed by atoms with Crippen LogP contribution in [-0.4, -0.2) is 26.6 Å². The fourth-order valence-corrected chi connectivity index (χ4v) is 5.15. The maximum atomic E-state index is 9.91. The molecule has 0 amide bonds. The zero-order valence-corrected chi connectivity index (χ0v) is 17.9. The standard InChI is InChI=1S/C21H29ClO3Si/c1-15(2)24-26(25-16(3)4)13-5-6-18-14-20(23)11-12-21(18)17-7-9-19(22)10-8-17/h7-12,14-16,23,26H,5-6,13H2,1-4H3. The Morgan fingerprint density at radius 2 is 1.58 bits per heavy atom. The number of rotatable bonds is 9. The van der Waals surface area contributed by atoms with Gasteiger partial charge in [-0.3, -0.25) is 0 Å². The summed E-state index contributed by atoms with van der Waals surface area (Å²) in [6.07, 6.45) is 2.23. The highest BCUT2D eigenvalue weighted by atomic mass is 35.5. The maximum absolute atomic E-state index is 9.91. The molecule has 0 spiro atoms. The van der Waals surface area contributed by atoms with Crippen LogP contribution in [0, 0.1) is 0 Å². The molecule has 0 aliphatic rings. The van der Waals surface area contributed by atoms with Crippen LogP contribution in [0.2, 0.25) is 11.1 Å². The number of phenolic OH excluding ortho intramolecular Hbond substituents is 1. The van der Waals surface area contributed by atoms with E-state index in [1.165, 1.54) is 0 Å². The first kappa shape index (κ1) is 21.0. The van der Waals surface area contributed by atoms with Crippen molar-refractivity contribution in [1.29, 1.82) is 0 Å². The van der Waals surface area contributed by atoms with Crippen molar-refractivity contribution in [3.8, 4) is 16.9 Å². The van der Waals surface area contributed by atoms with E-state index in [1.807, 2.05) is 36.4 Å². The molecule has 3 nitrogen and oxygen atoms in total. The molecule has 5 heteroatoms. The molecule has 0 aliphatic carbocycles. The number of halogens is 1. The second kappa shape index (κ2) is 10.1. The Morgan fingerprint density at radius 1 is 0.962 bits per heavy atom. The van der Waals surface area contributed by atoms with Gasteiger partial charge in [0, 0.05) is 17.2 Å². The van der Waals surface area contributed by atoms with Crippen LogP contribution in [0.25, 0.3) is 11.1 Å². The number of hydrogen-bond acceptors (Lipinski definition) is 3. The molecule has 0 heterocycles. The van der Waals surface area contributed by atoms with E-state index in [-0.39, 0.29) is 12.2 Å². The Balaban J connectivity index is 2.08. The molecule has 2 aromatic rings. The van der Waals surface area contributed by atoms with Crippen molar-refractivity contribution in [2.24, 2.45) is 0 Å². The van der Waals surface area contributed by atoms with Crippen LogP contribution in [0.4, 0.5) is 0 Å². The lowest BCUT2D eigenvalue weighted by Gasteiger charge is -2.21. The van der Waals surface area contributed by atoms with Crippen LogP contribution >= 0.6 is 11.6 Å². The first-order valence-electron chi connectivity index (χ1n) is 9.24. The fourth-order valence-electron chi connectivity index (χ4n) is 2.93. The molecular formula is C21H29ClO3Si. The molecule has 0 atom stereocenters. The maximum Gasteiger partial charge on any atom is 0.321 e. The first-order valence-corrected chi connectivity index (χ1v) is 11.4. The lowest BCUT2D eigenvalue weighted by Crippen LogP contribution is -2.29. The minimum atomic E-state index is -1.68. The van der Waals surface area contributed by atoms with E-state index in [0.717, 1.165) is 40.6 Å². The van der Waals surface area contributed by atoms with E-state index in [0.29, 0.717) is 5.75 Å². The molecule has 0 radical (unpaired) electrons. The van der Waals surface area contributed by atoms with E-state index in [1.54, 1.807) is 6.07 Å². The van der Waals surface area contributed by atoms with Crippen molar-refractivity contribution >= 4 is 20.9 Å². The Morgan fingerprint density at radius 3 is 2.15 bits per heavy atom. The van der Waals surface area contributed by atoms with Gasteiger partial charge in [0.1, 0.15) is 5.75 Å². The number of aromatic hydroxyl groups is 1. The second-order valence-corrected chi connectivity index (χ2v) is 9.46. The predicted molar refractivity (Wildman–Crippen MR) is 111 cm³/mol. The van der Waals surface area contributed by atoms with E-state index < -0.39 is 9.28 Å². The molecule has 0 aromatic heterocycles. The summed E-state index contributed by atoms with van der Waals surface area (Å²) in [6.45, 7) is 8.21. The molecule has 2 rings (SSSR count). The molecular weight excluding hydrogens is 364 g/mol. The topological polar surface area (TPSA) is 38.7 Å². The fraction of sp³-hybridized carbons (Fsp3) is 0.429. The summed E-state index contributed by atoms with van der Waals surface area (Å²) >= 11 is 6.00. The van der Waals surface area contributed by atoms with Crippen LogP contribution in [0.1, 0.15) is 39.7 Å². The SMILES string of the molecule is CC(C)O[SiH](CCCc1cc(O)ccc1-c1ccc(Cl)cc1)OC(C)C. The third-order valence-corrected chi connectivity index (χ3v) is 6.81. The number of aryl methyl sites for hydroxylation is 1. The molecule has 0 aliphatic heterocycles. The molecule has 0 saturated heterocycles. The Bertz CT molecular complexity index is 676. The summed E-state index contributed by atoms with van der Waals surface area (Å²) in [5, 5.41) is 10.6. The predicted octanol–water partition coefficient (Wildman–Crippen LogP) is 5.72. The van der Waals surface area contributed by atoms with Crippen LogP contribution in [0.5, 0.6) is 5.75 Å². The zero-order chi connectivity index (χ0) is 19.1. The largest absolute Gasteiger partial charge is 0.508 e. The van der Waals surface area contributed by atoms with Gasteiger partial charge in [0.05, 0.1) is 0 Å². The van der Waals surface area contributed by atoms with Crippen LogP contribution in [0.15, 0.2) is 42.5 Å². The minimum absolute atomic E-state index is 0.191. The molecule has 2 aromatic carbocycles. The number of benzene rings is 2. The van der Waals surface area contributed by atoms with Gasteiger partial charge in [-0.05, 0) is 87.5 Å². The summed E-state index contributed by atoms with van der Waals surface area (Å²) in [4.78, 5) is 0. The highest BCUT2D eigenvalue weighted by Gasteiger charge is 2.17.